The standard InChI is InChI=1S/C27H28ClFN6O/c1-3-4-5-23-30-25(24-18(2)32-35(26(24)31-23)22-12-10-21(29)11-13-22)33-14-16-34(17-15-33)27(36)19-6-8-20(28)9-7-19/h6-13H,3-5,14-17H2,1-2H3. The third-order valence-corrected chi connectivity index (χ3v) is 6.76. The van der Waals surface area contributed by atoms with Gasteiger partial charge in [0.25, 0.3) is 5.91 Å². The van der Waals surface area contributed by atoms with Crippen molar-refractivity contribution in [1.29, 1.82) is 0 Å². The molecule has 0 bridgehead atoms. The minimum absolute atomic E-state index is 0.00287. The molecule has 0 N–H and O–H groups in total. The average Bonchev–Trinajstić information content (AvgIpc) is 3.23. The summed E-state index contributed by atoms with van der Waals surface area (Å²) in [4.78, 5) is 26.9. The highest BCUT2D eigenvalue weighted by atomic mass is 35.5. The molecule has 2 aromatic heterocycles. The Morgan fingerprint density at radius 3 is 2.36 bits per heavy atom. The molecular formula is C27H28ClFN6O. The molecule has 186 valence electrons. The number of amides is 1. The molecule has 1 aliphatic rings. The number of rotatable bonds is 6. The van der Waals surface area contributed by atoms with Gasteiger partial charge in [0, 0.05) is 43.2 Å². The summed E-state index contributed by atoms with van der Waals surface area (Å²) in [6.07, 6.45) is 2.79. The highest BCUT2D eigenvalue weighted by Crippen LogP contribution is 2.30. The number of piperazine rings is 1. The van der Waals surface area contributed by atoms with E-state index in [1.165, 1.54) is 12.1 Å². The molecular weight excluding hydrogens is 479 g/mol. The van der Waals surface area contributed by atoms with Gasteiger partial charge in [-0.3, -0.25) is 4.79 Å². The number of fused-ring (bicyclic) bond motifs is 1. The van der Waals surface area contributed by atoms with E-state index in [1.807, 2.05) is 11.8 Å². The largest absolute Gasteiger partial charge is 0.352 e. The van der Waals surface area contributed by atoms with Crippen LogP contribution in [0.15, 0.2) is 48.5 Å². The predicted octanol–water partition coefficient (Wildman–Crippen LogP) is 5.22. The first-order chi connectivity index (χ1) is 17.4. The van der Waals surface area contributed by atoms with Crippen LogP contribution in [-0.4, -0.2) is 56.7 Å². The van der Waals surface area contributed by atoms with Crippen LogP contribution in [0.1, 0.15) is 41.6 Å². The number of carbonyl (C=O) groups excluding carboxylic acids is 1. The number of anilines is 1. The number of aryl methyl sites for hydroxylation is 2. The van der Waals surface area contributed by atoms with Crippen LogP contribution in [0.4, 0.5) is 10.2 Å². The molecule has 4 aromatic rings. The van der Waals surface area contributed by atoms with E-state index in [0.717, 1.165) is 53.3 Å². The third kappa shape index (κ3) is 4.78. The maximum atomic E-state index is 13.6. The molecule has 1 aliphatic heterocycles. The number of hydrogen-bond donors (Lipinski definition) is 0. The molecule has 2 aromatic carbocycles. The molecule has 3 heterocycles. The van der Waals surface area contributed by atoms with E-state index in [1.54, 1.807) is 41.1 Å². The van der Waals surface area contributed by atoms with Crippen molar-refractivity contribution in [2.45, 2.75) is 33.1 Å². The lowest BCUT2D eigenvalue weighted by Crippen LogP contribution is -2.49. The van der Waals surface area contributed by atoms with Gasteiger partial charge in [0.15, 0.2) is 5.65 Å². The molecule has 0 spiro atoms. The van der Waals surface area contributed by atoms with Crippen LogP contribution in [0.5, 0.6) is 0 Å². The van der Waals surface area contributed by atoms with E-state index < -0.39 is 0 Å². The Balaban J connectivity index is 1.47. The number of nitrogens with zero attached hydrogens (tertiary/aromatic N) is 6. The molecule has 36 heavy (non-hydrogen) atoms. The van der Waals surface area contributed by atoms with Crippen molar-refractivity contribution in [3.8, 4) is 5.69 Å². The van der Waals surface area contributed by atoms with Gasteiger partial charge in [-0.2, -0.15) is 5.10 Å². The van der Waals surface area contributed by atoms with Gasteiger partial charge in [-0.15, -0.1) is 0 Å². The Morgan fingerprint density at radius 1 is 1.00 bits per heavy atom. The zero-order valence-electron chi connectivity index (χ0n) is 20.4. The van der Waals surface area contributed by atoms with Gasteiger partial charge in [-0.25, -0.2) is 19.0 Å². The molecule has 7 nitrogen and oxygen atoms in total. The second kappa shape index (κ2) is 10.2. The van der Waals surface area contributed by atoms with Gasteiger partial charge >= 0.3 is 0 Å². The molecule has 0 aliphatic carbocycles. The minimum atomic E-state index is -0.295. The fraction of sp³-hybridized carbons (Fsp3) is 0.333. The Morgan fingerprint density at radius 2 is 1.69 bits per heavy atom. The molecule has 5 rings (SSSR count). The summed E-state index contributed by atoms with van der Waals surface area (Å²) in [6, 6.07) is 13.3. The van der Waals surface area contributed by atoms with E-state index in [2.05, 4.69) is 11.8 Å². The van der Waals surface area contributed by atoms with E-state index in [0.29, 0.717) is 36.8 Å². The molecule has 1 fully saturated rings. The van der Waals surface area contributed by atoms with E-state index in [4.69, 9.17) is 26.7 Å². The van der Waals surface area contributed by atoms with Gasteiger partial charge < -0.3 is 9.80 Å². The topological polar surface area (TPSA) is 67.2 Å². The first-order valence-corrected chi connectivity index (χ1v) is 12.6. The maximum absolute atomic E-state index is 13.6. The fourth-order valence-electron chi connectivity index (χ4n) is 4.54. The molecule has 9 heteroatoms. The summed E-state index contributed by atoms with van der Waals surface area (Å²) in [5.74, 6) is 1.32. The van der Waals surface area contributed by atoms with Crippen LogP contribution >= 0.6 is 11.6 Å². The van der Waals surface area contributed by atoms with Crippen LogP contribution in [0, 0.1) is 12.7 Å². The lowest BCUT2D eigenvalue weighted by atomic mass is 10.1. The summed E-state index contributed by atoms with van der Waals surface area (Å²) in [6.45, 7) is 6.56. The summed E-state index contributed by atoms with van der Waals surface area (Å²) in [5, 5.41) is 6.24. The molecule has 0 atom stereocenters. The number of carbonyl (C=O) groups is 1. The van der Waals surface area contributed by atoms with Crippen molar-refractivity contribution < 1.29 is 9.18 Å². The number of unbranched alkanes of at least 4 members (excludes halogenated alkanes) is 1. The fourth-order valence-corrected chi connectivity index (χ4v) is 4.67. The second-order valence-corrected chi connectivity index (χ2v) is 9.46. The predicted molar refractivity (Wildman–Crippen MR) is 140 cm³/mol. The molecule has 0 radical (unpaired) electrons. The highest BCUT2D eigenvalue weighted by molar-refractivity contribution is 6.30. The number of hydrogen-bond acceptors (Lipinski definition) is 5. The monoisotopic (exact) mass is 506 g/mol. The van der Waals surface area contributed by atoms with Crippen molar-refractivity contribution in [3.63, 3.8) is 0 Å². The minimum Gasteiger partial charge on any atom is -0.352 e. The van der Waals surface area contributed by atoms with Crippen LogP contribution in [-0.2, 0) is 6.42 Å². The lowest BCUT2D eigenvalue weighted by Gasteiger charge is -2.35. The smallest absolute Gasteiger partial charge is 0.253 e. The van der Waals surface area contributed by atoms with Gasteiger partial charge in [0.2, 0.25) is 0 Å². The number of halogens is 2. The zero-order chi connectivity index (χ0) is 25.2. The Bertz CT molecular complexity index is 1380. The molecule has 0 saturated carbocycles. The Hall–Kier alpha value is -3.52. The summed E-state index contributed by atoms with van der Waals surface area (Å²) in [7, 11) is 0. The Kier molecular flexibility index (Phi) is 6.87. The zero-order valence-corrected chi connectivity index (χ0v) is 21.2. The van der Waals surface area contributed by atoms with Crippen molar-refractivity contribution in [1.82, 2.24) is 24.6 Å². The SMILES string of the molecule is CCCCc1nc(N2CCN(C(=O)c3ccc(Cl)cc3)CC2)c2c(C)nn(-c3ccc(F)cc3)c2n1. The van der Waals surface area contributed by atoms with E-state index >= 15 is 0 Å². The van der Waals surface area contributed by atoms with Crippen LogP contribution in [0.2, 0.25) is 5.02 Å². The molecule has 1 saturated heterocycles. The highest BCUT2D eigenvalue weighted by Gasteiger charge is 2.27. The first-order valence-electron chi connectivity index (χ1n) is 12.3. The number of benzene rings is 2. The van der Waals surface area contributed by atoms with Crippen LogP contribution in [0.25, 0.3) is 16.7 Å². The second-order valence-electron chi connectivity index (χ2n) is 9.03. The van der Waals surface area contributed by atoms with Crippen molar-refractivity contribution in [3.05, 3.63) is 76.5 Å². The van der Waals surface area contributed by atoms with E-state index in [-0.39, 0.29) is 11.7 Å². The van der Waals surface area contributed by atoms with Crippen LogP contribution in [0.3, 0.4) is 0 Å². The summed E-state index contributed by atoms with van der Waals surface area (Å²) >= 11 is 5.97. The van der Waals surface area contributed by atoms with E-state index in [9.17, 15) is 9.18 Å². The van der Waals surface area contributed by atoms with Gasteiger partial charge in [-0.05, 0) is 61.9 Å². The summed E-state index contributed by atoms with van der Waals surface area (Å²) in [5.41, 5.74) is 2.91. The quantitative estimate of drug-likeness (QED) is 0.358. The van der Waals surface area contributed by atoms with Crippen LogP contribution < -0.4 is 4.90 Å². The number of aromatic nitrogens is 4. The van der Waals surface area contributed by atoms with Crippen molar-refractivity contribution in [2.24, 2.45) is 0 Å². The maximum Gasteiger partial charge on any atom is 0.253 e. The van der Waals surface area contributed by atoms with Gasteiger partial charge in [0.1, 0.15) is 17.5 Å². The van der Waals surface area contributed by atoms with Crippen molar-refractivity contribution >= 4 is 34.4 Å². The summed E-state index contributed by atoms with van der Waals surface area (Å²) < 4.78 is 15.3. The van der Waals surface area contributed by atoms with Gasteiger partial charge in [0.05, 0.1) is 16.8 Å². The lowest BCUT2D eigenvalue weighted by molar-refractivity contribution is 0.0746. The molecule has 1 amide bonds. The average molecular weight is 507 g/mol. The first kappa shape index (κ1) is 24.2. The normalized spacial score (nSPS) is 14.0. The van der Waals surface area contributed by atoms with Crippen molar-refractivity contribution in [2.75, 3.05) is 31.1 Å². The molecule has 0 unspecified atom stereocenters. The Labute approximate surface area is 214 Å². The third-order valence-electron chi connectivity index (χ3n) is 6.51. The van der Waals surface area contributed by atoms with Gasteiger partial charge in [-0.1, -0.05) is 24.9 Å².